The van der Waals surface area contributed by atoms with Crippen molar-refractivity contribution in [3.63, 3.8) is 0 Å². The smallest absolute Gasteiger partial charge is 0.218 e. The van der Waals surface area contributed by atoms with E-state index in [1.54, 1.807) is 7.05 Å². The van der Waals surface area contributed by atoms with Gasteiger partial charge in [0.2, 0.25) is 10.0 Å². The van der Waals surface area contributed by atoms with E-state index in [0.29, 0.717) is 19.6 Å². The van der Waals surface area contributed by atoms with Crippen LogP contribution in [-0.2, 0) is 22.3 Å². The maximum absolute atomic E-state index is 12.1. The summed E-state index contributed by atoms with van der Waals surface area (Å²) in [5.74, 6) is 0.0295. The first-order valence-electron chi connectivity index (χ1n) is 6.22. The Labute approximate surface area is 116 Å². The molecule has 6 heteroatoms. The molecule has 0 saturated heterocycles. The fourth-order valence-corrected chi connectivity index (χ4v) is 2.77. The minimum atomic E-state index is -3.25. The second-order valence-corrected chi connectivity index (χ2v) is 6.98. The Morgan fingerprint density at radius 3 is 2.00 bits per heavy atom. The van der Waals surface area contributed by atoms with Crippen LogP contribution in [0.5, 0.6) is 0 Å². The summed E-state index contributed by atoms with van der Waals surface area (Å²) in [6.45, 7) is 1.67. The van der Waals surface area contributed by atoms with Gasteiger partial charge in [0.25, 0.3) is 0 Å². The monoisotopic (exact) mass is 285 g/mol. The zero-order chi connectivity index (χ0) is 14.5. The molecule has 1 rings (SSSR count). The van der Waals surface area contributed by atoms with Crippen molar-refractivity contribution in [2.75, 3.05) is 34.2 Å². The van der Waals surface area contributed by atoms with Gasteiger partial charge in [-0.2, -0.15) is 0 Å². The van der Waals surface area contributed by atoms with Gasteiger partial charge in [-0.15, -0.1) is 0 Å². The van der Waals surface area contributed by atoms with Gasteiger partial charge in [-0.25, -0.2) is 12.7 Å². The molecule has 0 saturated carbocycles. The van der Waals surface area contributed by atoms with Gasteiger partial charge in [0.15, 0.2) is 0 Å². The van der Waals surface area contributed by atoms with Crippen LogP contribution < -0.4 is 5.73 Å². The maximum Gasteiger partial charge on any atom is 0.218 e. The minimum absolute atomic E-state index is 0.0295. The number of sulfonamides is 1. The van der Waals surface area contributed by atoms with E-state index in [0.717, 1.165) is 11.1 Å². The standard InChI is InChI=1S/C13H23N3O2S/c1-15(2)8-9-16(3)19(17,18)11-13-6-4-12(10-14)5-7-13/h4-7H,8-11,14H2,1-3H3. The zero-order valence-corrected chi connectivity index (χ0v) is 12.7. The molecule has 108 valence electrons. The fraction of sp³-hybridized carbons (Fsp3) is 0.538. The van der Waals surface area contributed by atoms with Crippen molar-refractivity contribution >= 4 is 10.0 Å². The summed E-state index contributed by atoms with van der Waals surface area (Å²) >= 11 is 0. The molecule has 0 amide bonds. The highest BCUT2D eigenvalue weighted by atomic mass is 32.2. The third-order valence-electron chi connectivity index (χ3n) is 2.94. The largest absolute Gasteiger partial charge is 0.326 e. The van der Waals surface area contributed by atoms with E-state index in [-0.39, 0.29) is 5.75 Å². The van der Waals surface area contributed by atoms with Crippen molar-refractivity contribution in [2.24, 2.45) is 5.73 Å². The molecule has 0 aliphatic heterocycles. The van der Waals surface area contributed by atoms with E-state index in [2.05, 4.69) is 0 Å². The van der Waals surface area contributed by atoms with E-state index in [9.17, 15) is 8.42 Å². The van der Waals surface area contributed by atoms with Gasteiger partial charge in [0.1, 0.15) is 0 Å². The van der Waals surface area contributed by atoms with Gasteiger partial charge >= 0.3 is 0 Å². The minimum Gasteiger partial charge on any atom is -0.326 e. The Balaban J connectivity index is 2.67. The summed E-state index contributed by atoms with van der Waals surface area (Å²) in [7, 11) is 2.21. The highest BCUT2D eigenvalue weighted by molar-refractivity contribution is 7.88. The predicted molar refractivity (Wildman–Crippen MR) is 78.1 cm³/mol. The van der Waals surface area contributed by atoms with E-state index in [1.807, 2.05) is 43.3 Å². The normalized spacial score (nSPS) is 12.3. The first kappa shape index (κ1) is 16.1. The number of hydrogen-bond acceptors (Lipinski definition) is 4. The summed E-state index contributed by atoms with van der Waals surface area (Å²) in [6.07, 6.45) is 0. The van der Waals surface area contributed by atoms with Gasteiger partial charge in [0, 0.05) is 26.7 Å². The highest BCUT2D eigenvalue weighted by Gasteiger charge is 2.18. The Morgan fingerprint density at radius 2 is 1.53 bits per heavy atom. The molecule has 0 aliphatic carbocycles. The van der Waals surface area contributed by atoms with Crippen molar-refractivity contribution in [3.05, 3.63) is 35.4 Å². The molecule has 0 atom stereocenters. The van der Waals surface area contributed by atoms with Crippen LogP contribution in [0.4, 0.5) is 0 Å². The van der Waals surface area contributed by atoms with Crippen LogP contribution in [0.1, 0.15) is 11.1 Å². The lowest BCUT2D eigenvalue weighted by atomic mass is 10.1. The molecule has 0 fully saturated rings. The molecular weight excluding hydrogens is 262 g/mol. The van der Waals surface area contributed by atoms with Gasteiger partial charge < -0.3 is 10.6 Å². The first-order valence-corrected chi connectivity index (χ1v) is 7.82. The van der Waals surface area contributed by atoms with Crippen LogP contribution >= 0.6 is 0 Å². The quantitative estimate of drug-likeness (QED) is 0.791. The van der Waals surface area contributed by atoms with E-state index < -0.39 is 10.0 Å². The van der Waals surface area contributed by atoms with Crippen LogP contribution in [0.15, 0.2) is 24.3 Å². The third-order valence-corrected chi connectivity index (χ3v) is 4.78. The number of nitrogens with zero attached hydrogens (tertiary/aromatic N) is 2. The fourth-order valence-electron chi connectivity index (χ4n) is 1.57. The van der Waals surface area contributed by atoms with Crippen molar-refractivity contribution in [3.8, 4) is 0 Å². The molecule has 0 bridgehead atoms. The van der Waals surface area contributed by atoms with E-state index in [1.165, 1.54) is 4.31 Å². The van der Waals surface area contributed by atoms with Crippen LogP contribution in [0.3, 0.4) is 0 Å². The Morgan fingerprint density at radius 1 is 1.00 bits per heavy atom. The maximum atomic E-state index is 12.1. The molecule has 0 heterocycles. The van der Waals surface area contributed by atoms with Crippen LogP contribution in [0.25, 0.3) is 0 Å². The van der Waals surface area contributed by atoms with Crippen LogP contribution in [-0.4, -0.2) is 51.9 Å². The van der Waals surface area contributed by atoms with Crippen molar-refractivity contribution in [1.29, 1.82) is 0 Å². The Kier molecular flexibility index (Phi) is 5.93. The first-order chi connectivity index (χ1) is 8.85. The average molecular weight is 285 g/mol. The molecule has 1 aromatic rings. The van der Waals surface area contributed by atoms with Crippen molar-refractivity contribution in [2.45, 2.75) is 12.3 Å². The van der Waals surface area contributed by atoms with Crippen molar-refractivity contribution < 1.29 is 8.42 Å². The Bertz CT molecular complexity index is 483. The van der Waals surface area contributed by atoms with Gasteiger partial charge in [-0.1, -0.05) is 24.3 Å². The predicted octanol–water partition coefficient (Wildman–Crippen LogP) is 0.469. The lowest BCUT2D eigenvalue weighted by molar-refractivity contribution is 0.358. The number of likely N-dealkylation sites (N-methyl/N-ethyl adjacent to an activating group) is 2. The lowest BCUT2D eigenvalue weighted by Crippen LogP contribution is -2.34. The molecule has 2 N–H and O–H groups in total. The molecule has 5 nitrogen and oxygen atoms in total. The van der Waals surface area contributed by atoms with Crippen molar-refractivity contribution in [1.82, 2.24) is 9.21 Å². The molecule has 0 radical (unpaired) electrons. The molecule has 0 spiro atoms. The topological polar surface area (TPSA) is 66.6 Å². The average Bonchev–Trinajstić information content (AvgIpc) is 2.36. The summed E-state index contributed by atoms with van der Waals surface area (Å²) in [6, 6.07) is 7.37. The summed E-state index contributed by atoms with van der Waals surface area (Å²) in [4.78, 5) is 1.96. The van der Waals surface area contributed by atoms with Crippen LogP contribution in [0.2, 0.25) is 0 Å². The molecule has 0 aromatic heterocycles. The third kappa shape index (κ3) is 5.28. The van der Waals surface area contributed by atoms with Gasteiger partial charge in [0.05, 0.1) is 5.75 Å². The van der Waals surface area contributed by atoms with Crippen LogP contribution in [0, 0.1) is 0 Å². The Hall–Kier alpha value is -0.950. The second kappa shape index (κ2) is 7.00. The number of hydrogen-bond donors (Lipinski definition) is 1. The molecule has 19 heavy (non-hydrogen) atoms. The van der Waals surface area contributed by atoms with Gasteiger partial charge in [-0.3, -0.25) is 0 Å². The van der Waals surface area contributed by atoms with E-state index >= 15 is 0 Å². The zero-order valence-electron chi connectivity index (χ0n) is 11.8. The SMILES string of the molecule is CN(C)CCN(C)S(=O)(=O)Cc1ccc(CN)cc1. The number of nitrogens with two attached hydrogens (primary N) is 1. The highest BCUT2D eigenvalue weighted by Crippen LogP contribution is 2.10. The lowest BCUT2D eigenvalue weighted by Gasteiger charge is -2.19. The second-order valence-electron chi connectivity index (χ2n) is 4.90. The summed E-state index contributed by atoms with van der Waals surface area (Å²) in [5, 5.41) is 0. The summed E-state index contributed by atoms with van der Waals surface area (Å²) < 4.78 is 25.7. The summed E-state index contributed by atoms with van der Waals surface area (Å²) in [5.41, 5.74) is 7.30. The van der Waals surface area contributed by atoms with Gasteiger partial charge in [-0.05, 0) is 25.2 Å². The molecular formula is C13H23N3O2S. The molecule has 0 unspecified atom stereocenters. The molecule has 1 aromatic carbocycles. The number of rotatable bonds is 7. The van der Waals surface area contributed by atoms with E-state index in [4.69, 9.17) is 5.73 Å². The molecule has 0 aliphatic rings. The number of benzene rings is 1.